The number of fused-ring (bicyclic) bond motifs is 1. The highest BCUT2D eigenvalue weighted by molar-refractivity contribution is 7.72. The van der Waals surface area contributed by atoms with Gasteiger partial charge in [0.15, 0.2) is 6.26 Å². The summed E-state index contributed by atoms with van der Waals surface area (Å²) < 4.78 is 19.2. The van der Waals surface area contributed by atoms with E-state index in [-0.39, 0.29) is 17.5 Å². The van der Waals surface area contributed by atoms with Gasteiger partial charge in [0.05, 0.1) is 22.8 Å². The van der Waals surface area contributed by atoms with E-state index in [2.05, 4.69) is 0 Å². The van der Waals surface area contributed by atoms with Crippen molar-refractivity contribution >= 4 is 18.1 Å². The Kier molecular flexibility index (Phi) is 3.60. The van der Waals surface area contributed by atoms with Crippen LogP contribution in [0.15, 0.2) is 47.1 Å². The van der Waals surface area contributed by atoms with Gasteiger partial charge in [0.25, 0.3) is 0 Å². The lowest BCUT2D eigenvalue weighted by Gasteiger charge is -2.25. The van der Waals surface area contributed by atoms with Crippen LogP contribution in [0, 0.1) is 10.1 Å². The quantitative estimate of drug-likeness (QED) is 0.482. The van der Waals surface area contributed by atoms with E-state index < -0.39 is 18.1 Å². The van der Waals surface area contributed by atoms with Crippen LogP contribution in [0.3, 0.4) is 0 Å². The first kappa shape index (κ1) is 15.6. The van der Waals surface area contributed by atoms with E-state index in [1.165, 1.54) is 6.07 Å². The molecule has 126 valence electrons. The smallest absolute Gasteiger partial charge is 0.307 e. The predicted octanol–water partition coefficient (Wildman–Crippen LogP) is 2.94. The lowest BCUT2D eigenvalue weighted by molar-refractivity contribution is -0.385. The molecule has 0 unspecified atom stereocenters. The third-order valence-corrected chi connectivity index (χ3v) is 8.60. The molecule has 2 saturated heterocycles. The summed E-state index contributed by atoms with van der Waals surface area (Å²) in [4.78, 5) is 16.3. The van der Waals surface area contributed by atoms with Crippen molar-refractivity contribution in [2.45, 2.75) is 24.2 Å². The first-order chi connectivity index (χ1) is 11.5. The van der Waals surface area contributed by atoms with Gasteiger partial charge < -0.3 is 8.98 Å². The third-order valence-electron chi connectivity index (χ3n) is 4.93. The van der Waals surface area contributed by atoms with Crippen LogP contribution in [0.5, 0.6) is 0 Å². The zero-order chi connectivity index (χ0) is 16.9. The summed E-state index contributed by atoms with van der Waals surface area (Å²) in [5.41, 5.74) is -0.356. The molecule has 8 heteroatoms. The van der Waals surface area contributed by atoms with Gasteiger partial charge in [0.2, 0.25) is 0 Å². The molecule has 3 heterocycles. The number of hydrogen-bond donors (Lipinski definition) is 0. The summed E-state index contributed by atoms with van der Waals surface area (Å²) in [6.45, 7) is 0. The summed E-state index contributed by atoms with van der Waals surface area (Å²) >= 11 is 0. The fourth-order valence-corrected chi connectivity index (χ4v) is 7.62. The van der Waals surface area contributed by atoms with E-state index in [4.69, 9.17) is 9.25 Å². The lowest BCUT2D eigenvalue weighted by Crippen LogP contribution is -2.26. The van der Waals surface area contributed by atoms with Gasteiger partial charge in [-0.15, -0.1) is 0 Å². The highest BCUT2D eigenvalue weighted by Gasteiger charge is 2.58. The Labute approximate surface area is 138 Å². The number of benzene rings is 1. The van der Waals surface area contributed by atoms with Crippen molar-refractivity contribution in [2.24, 2.45) is 0 Å². The van der Waals surface area contributed by atoms with Crippen LogP contribution >= 0.6 is 7.14 Å². The van der Waals surface area contributed by atoms with Gasteiger partial charge in [-0.2, -0.15) is 5.06 Å². The summed E-state index contributed by atoms with van der Waals surface area (Å²) in [6, 6.07) is 10.5. The van der Waals surface area contributed by atoms with E-state index in [1.54, 1.807) is 12.1 Å². The zero-order valence-electron chi connectivity index (χ0n) is 13.1. The maximum atomic E-state index is 13.8. The van der Waals surface area contributed by atoms with E-state index in [0.717, 1.165) is 11.6 Å². The van der Waals surface area contributed by atoms with Gasteiger partial charge in [-0.25, -0.2) is 0 Å². The van der Waals surface area contributed by atoms with Gasteiger partial charge >= 0.3 is 5.69 Å². The standard InChI is InChI=1S/C16H17N2O5P/c1-17-15(14-9-11(10-22-14)18(19)20)16-13(23-17)7-8-24(16,21)12-5-3-2-4-6-12/h2-6,9-10,13,15-16H,7-8H2,1H3/t13-,15-,16+,24-/m0/s1. The Hall–Kier alpha value is -1.95. The molecule has 1 aromatic carbocycles. The lowest BCUT2D eigenvalue weighted by atomic mass is 10.1. The highest BCUT2D eigenvalue weighted by atomic mass is 31.2. The summed E-state index contributed by atoms with van der Waals surface area (Å²) in [6.07, 6.45) is 2.26. The molecule has 7 nitrogen and oxygen atoms in total. The first-order valence-electron chi connectivity index (χ1n) is 7.77. The Balaban J connectivity index is 1.76. The van der Waals surface area contributed by atoms with Crippen LogP contribution in [0.25, 0.3) is 0 Å². The van der Waals surface area contributed by atoms with Gasteiger partial charge in [-0.3, -0.25) is 15.0 Å². The predicted molar refractivity (Wildman–Crippen MR) is 87.7 cm³/mol. The molecule has 0 radical (unpaired) electrons. The normalized spacial score (nSPS) is 32.8. The molecular formula is C16H17N2O5P. The number of nitro groups is 1. The zero-order valence-corrected chi connectivity index (χ0v) is 14.0. The molecule has 0 N–H and O–H groups in total. The molecule has 2 aliphatic rings. The average Bonchev–Trinajstić information content (AvgIpc) is 3.25. The van der Waals surface area contributed by atoms with Crippen LogP contribution < -0.4 is 5.30 Å². The fraction of sp³-hybridized carbons (Fsp3) is 0.375. The minimum atomic E-state index is -2.70. The monoisotopic (exact) mass is 348 g/mol. The summed E-state index contributed by atoms with van der Waals surface area (Å²) in [7, 11) is -0.939. The Bertz CT molecular complexity index is 821. The second-order valence-electron chi connectivity index (χ2n) is 6.23. The Morgan fingerprint density at radius 1 is 1.33 bits per heavy atom. The average molecular weight is 348 g/mol. The molecule has 1 aromatic heterocycles. The van der Waals surface area contributed by atoms with E-state index in [9.17, 15) is 14.7 Å². The largest absolute Gasteiger partial charge is 0.460 e. The Morgan fingerprint density at radius 3 is 2.75 bits per heavy atom. The van der Waals surface area contributed by atoms with Gasteiger partial charge in [-0.05, 0) is 6.42 Å². The number of nitrogens with zero attached hydrogens (tertiary/aromatic N) is 2. The van der Waals surface area contributed by atoms with Crippen molar-refractivity contribution in [1.29, 1.82) is 0 Å². The van der Waals surface area contributed by atoms with Crippen LogP contribution in [0.1, 0.15) is 18.2 Å². The van der Waals surface area contributed by atoms with Gasteiger partial charge in [0.1, 0.15) is 18.9 Å². The van der Waals surface area contributed by atoms with E-state index in [1.807, 2.05) is 30.3 Å². The minimum Gasteiger partial charge on any atom is -0.460 e. The van der Waals surface area contributed by atoms with Gasteiger partial charge in [-0.1, -0.05) is 30.3 Å². The summed E-state index contributed by atoms with van der Waals surface area (Å²) in [5, 5.41) is 13.4. The highest BCUT2D eigenvalue weighted by Crippen LogP contribution is 2.65. The minimum absolute atomic E-state index is 0.102. The molecule has 0 amide bonds. The number of hydrogen-bond acceptors (Lipinski definition) is 6. The number of furan rings is 1. The van der Waals surface area contributed by atoms with Crippen LogP contribution in [-0.2, 0) is 9.40 Å². The fourth-order valence-electron chi connectivity index (χ4n) is 3.87. The van der Waals surface area contributed by atoms with Crippen LogP contribution in [0.2, 0.25) is 0 Å². The van der Waals surface area contributed by atoms with Crippen LogP contribution in [0.4, 0.5) is 5.69 Å². The molecular weight excluding hydrogens is 331 g/mol. The van der Waals surface area contributed by atoms with Crippen molar-refractivity contribution in [3.63, 3.8) is 0 Å². The van der Waals surface area contributed by atoms with E-state index in [0.29, 0.717) is 18.3 Å². The summed E-state index contributed by atoms with van der Waals surface area (Å²) in [5.74, 6) is 0.426. The maximum Gasteiger partial charge on any atom is 0.307 e. The van der Waals surface area contributed by atoms with Gasteiger partial charge in [0, 0.05) is 18.5 Å². The van der Waals surface area contributed by atoms with Crippen molar-refractivity contribution in [1.82, 2.24) is 5.06 Å². The third kappa shape index (κ3) is 2.24. The molecule has 2 aromatic rings. The molecule has 0 bridgehead atoms. The van der Waals surface area contributed by atoms with Crippen molar-refractivity contribution in [3.05, 3.63) is 58.5 Å². The van der Waals surface area contributed by atoms with Crippen molar-refractivity contribution in [3.8, 4) is 0 Å². The molecule has 24 heavy (non-hydrogen) atoms. The van der Waals surface area contributed by atoms with E-state index >= 15 is 0 Å². The van der Waals surface area contributed by atoms with Crippen molar-refractivity contribution < 1.29 is 18.7 Å². The van der Waals surface area contributed by atoms with Crippen molar-refractivity contribution in [2.75, 3.05) is 13.2 Å². The molecule has 0 saturated carbocycles. The second kappa shape index (κ2) is 5.55. The maximum absolute atomic E-state index is 13.8. The molecule has 4 rings (SSSR count). The molecule has 2 aliphatic heterocycles. The van der Waals surface area contributed by atoms with Crippen LogP contribution in [-0.4, -0.2) is 35.0 Å². The molecule has 2 fully saturated rings. The SMILES string of the molecule is CN1O[C@H]2CC[P@](=O)(c3ccccc3)[C@H]2[C@@H]1c1cc([N+](=O)[O-])co1. The molecule has 0 spiro atoms. The second-order valence-corrected chi connectivity index (χ2v) is 9.38. The molecule has 0 aliphatic carbocycles. The molecule has 4 atom stereocenters. The Morgan fingerprint density at radius 2 is 2.08 bits per heavy atom. The first-order valence-corrected chi connectivity index (χ1v) is 9.73. The topological polar surface area (TPSA) is 85.8 Å². The number of hydroxylamine groups is 2. The number of rotatable bonds is 3.